The summed E-state index contributed by atoms with van der Waals surface area (Å²) >= 11 is 0. The molecule has 100 valence electrons. The van der Waals surface area contributed by atoms with Gasteiger partial charge in [-0.1, -0.05) is 0 Å². The molecule has 1 fully saturated rings. The topological polar surface area (TPSA) is 100 Å². The summed E-state index contributed by atoms with van der Waals surface area (Å²) in [6, 6.07) is 1.39. The zero-order chi connectivity index (χ0) is 12.3. The first-order chi connectivity index (χ1) is 8.16. The van der Waals surface area contributed by atoms with Crippen LogP contribution in [0.5, 0.6) is 0 Å². The zero-order valence-electron chi connectivity index (χ0n) is 9.64. The lowest BCUT2D eigenvalue weighted by Gasteiger charge is -2.23. The molecule has 3 N–H and O–H groups in total. The van der Waals surface area contributed by atoms with Crippen LogP contribution in [-0.4, -0.2) is 34.9 Å². The Labute approximate surface area is 110 Å². The summed E-state index contributed by atoms with van der Waals surface area (Å²) < 4.78 is 0. The monoisotopic (exact) mass is 274 g/mol. The van der Waals surface area contributed by atoms with Gasteiger partial charge < -0.3 is 15.6 Å². The van der Waals surface area contributed by atoms with Crippen molar-refractivity contribution in [1.29, 1.82) is 0 Å². The van der Waals surface area contributed by atoms with Crippen LogP contribution in [0.4, 0.5) is 5.69 Å². The number of carbonyl (C=O) groups is 1. The van der Waals surface area contributed by atoms with E-state index in [2.05, 4.69) is 15.6 Å². The average molecular weight is 275 g/mol. The van der Waals surface area contributed by atoms with Crippen molar-refractivity contribution in [3.8, 4) is 0 Å². The van der Waals surface area contributed by atoms with Gasteiger partial charge in [0.15, 0.2) is 0 Å². The maximum atomic E-state index is 11.8. The molecule has 7 nitrogen and oxygen atoms in total. The van der Waals surface area contributed by atoms with Crippen LogP contribution in [0.3, 0.4) is 0 Å². The lowest BCUT2D eigenvalue weighted by molar-refractivity contribution is -0.384. The number of nitrogens with one attached hydrogen (secondary N) is 3. The first-order valence-corrected chi connectivity index (χ1v) is 5.51. The largest absolute Gasteiger partial charge is 0.351 e. The standard InChI is InChI=1S/C10H14N4O3.ClH/c15-10(13-7-1-3-11-4-2-7)9-5-8(6-12-9)14(16)17;/h5-7,11-12H,1-4H2,(H,13,15);1H. The predicted octanol–water partition coefficient (Wildman–Crippen LogP) is 0.827. The molecule has 0 bridgehead atoms. The highest BCUT2D eigenvalue weighted by Gasteiger charge is 2.19. The number of nitro groups is 1. The second-order valence-electron chi connectivity index (χ2n) is 4.03. The molecule has 2 heterocycles. The Bertz CT molecular complexity index is 429. The van der Waals surface area contributed by atoms with Gasteiger partial charge in [0.2, 0.25) is 0 Å². The summed E-state index contributed by atoms with van der Waals surface area (Å²) in [6.07, 6.45) is 2.99. The van der Waals surface area contributed by atoms with Crippen molar-refractivity contribution in [3.63, 3.8) is 0 Å². The number of nitrogens with zero attached hydrogens (tertiary/aromatic N) is 1. The average Bonchev–Trinajstić information content (AvgIpc) is 2.79. The molecule has 0 aliphatic carbocycles. The molecule has 0 aromatic carbocycles. The van der Waals surface area contributed by atoms with E-state index in [4.69, 9.17) is 0 Å². The molecule has 0 radical (unpaired) electrons. The minimum absolute atomic E-state index is 0. The maximum absolute atomic E-state index is 11.8. The van der Waals surface area contributed by atoms with Crippen molar-refractivity contribution in [2.75, 3.05) is 13.1 Å². The molecule has 1 aromatic heterocycles. The summed E-state index contributed by atoms with van der Waals surface area (Å²) in [6.45, 7) is 1.77. The van der Waals surface area contributed by atoms with Crippen molar-refractivity contribution in [1.82, 2.24) is 15.6 Å². The second-order valence-corrected chi connectivity index (χ2v) is 4.03. The number of halogens is 1. The molecule has 1 aliphatic heterocycles. The highest BCUT2D eigenvalue weighted by Crippen LogP contribution is 2.12. The molecule has 18 heavy (non-hydrogen) atoms. The number of carbonyl (C=O) groups excluding carboxylic acids is 1. The van der Waals surface area contributed by atoms with Crippen LogP contribution in [0.2, 0.25) is 0 Å². The summed E-state index contributed by atoms with van der Waals surface area (Å²) in [5.41, 5.74) is 0.135. The van der Waals surface area contributed by atoms with Gasteiger partial charge in [-0.05, 0) is 25.9 Å². The van der Waals surface area contributed by atoms with Gasteiger partial charge in [0.05, 0.1) is 11.1 Å². The third-order valence-electron chi connectivity index (χ3n) is 2.80. The van der Waals surface area contributed by atoms with E-state index in [9.17, 15) is 14.9 Å². The van der Waals surface area contributed by atoms with Gasteiger partial charge in [-0.2, -0.15) is 0 Å². The molecule has 0 spiro atoms. The predicted molar refractivity (Wildman–Crippen MR) is 68.1 cm³/mol. The van der Waals surface area contributed by atoms with Crippen molar-refractivity contribution in [2.45, 2.75) is 18.9 Å². The minimum Gasteiger partial charge on any atom is -0.351 e. The third kappa shape index (κ3) is 3.44. The van der Waals surface area contributed by atoms with Crippen molar-refractivity contribution >= 4 is 24.0 Å². The number of rotatable bonds is 3. The SMILES string of the molecule is Cl.O=C(NC1CCNCC1)c1cc([N+](=O)[O-])c[nH]1. The summed E-state index contributed by atoms with van der Waals surface area (Å²) in [5, 5.41) is 16.5. The summed E-state index contributed by atoms with van der Waals surface area (Å²) in [5.74, 6) is -0.287. The van der Waals surface area contributed by atoms with E-state index in [1.165, 1.54) is 12.3 Å². The van der Waals surface area contributed by atoms with E-state index in [0.29, 0.717) is 0 Å². The van der Waals surface area contributed by atoms with Gasteiger partial charge >= 0.3 is 0 Å². The molecular weight excluding hydrogens is 260 g/mol. The Morgan fingerprint density at radius 3 is 2.67 bits per heavy atom. The Morgan fingerprint density at radius 2 is 2.11 bits per heavy atom. The van der Waals surface area contributed by atoms with Crippen LogP contribution < -0.4 is 10.6 Å². The highest BCUT2D eigenvalue weighted by atomic mass is 35.5. The lowest BCUT2D eigenvalue weighted by atomic mass is 10.1. The first kappa shape index (κ1) is 14.5. The molecule has 1 aliphatic rings. The number of piperidine rings is 1. The Kier molecular flexibility index (Phi) is 5.11. The highest BCUT2D eigenvalue weighted by molar-refractivity contribution is 5.93. The van der Waals surface area contributed by atoms with Crippen molar-refractivity contribution < 1.29 is 9.72 Å². The molecule has 1 saturated heterocycles. The van der Waals surface area contributed by atoms with Gasteiger partial charge in [-0.15, -0.1) is 12.4 Å². The number of H-pyrrole nitrogens is 1. The van der Waals surface area contributed by atoms with E-state index >= 15 is 0 Å². The molecule has 0 unspecified atom stereocenters. The number of hydrogen-bond donors (Lipinski definition) is 3. The molecule has 2 rings (SSSR count). The van der Waals surface area contributed by atoms with Gasteiger partial charge in [0, 0.05) is 12.1 Å². The lowest BCUT2D eigenvalue weighted by Crippen LogP contribution is -2.42. The van der Waals surface area contributed by atoms with Crippen molar-refractivity contribution in [3.05, 3.63) is 28.1 Å². The number of aromatic nitrogens is 1. The zero-order valence-corrected chi connectivity index (χ0v) is 10.5. The van der Waals surface area contributed by atoms with E-state index in [1.807, 2.05) is 0 Å². The molecule has 0 saturated carbocycles. The van der Waals surface area contributed by atoms with Gasteiger partial charge in [-0.25, -0.2) is 0 Å². The van der Waals surface area contributed by atoms with E-state index in [0.717, 1.165) is 25.9 Å². The van der Waals surface area contributed by atoms with Crippen molar-refractivity contribution in [2.24, 2.45) is 0 Å². The fourth-order valence-corrected chi connectivity index (χ4v) is 1.85. The molecule has 8 heteroatoms. The van der Waals surface area contributed by atoms with Gasteiger partial charge in [0.1, 0.15) is 5.69 Å². The van der Waals surface area contributed by atoms with Crippen LogP contribution in [0.25, 0.3) is 0 Å². The summed E-state index contributed by atoms with van der Waals surface area (Å²) in [7, 11) is 0. The molecule has 1 amide bonds. The molecule has 1 aromatic rings. The van der Waals surface area contributed by atoms with E-state index in [1.54, 1.807) is 0 Å². The third-order valence-corrected chi connectivity index (χ3v) is 2.80. The van der Waals surface area contributed by atoms with Crippen LogP contribution in [0.1, 0.15) is 23.3 Å². The Morgan fingerprint density at radius 1 is 1.44 bits per heavy atom. The summed E-state index contributed by atoms with van der Waals surface area (Å²) in [4.78, 5) is 24.3. The number of amides is 1. The van der Waals surface area contributed by atoms with E-state index in [-0.39, 0.29) is 35.7 Å². The van der Waals surface area contributed by atoms with Crippen LogP contribution in [0, 0.1) is 10.1 Å². The van der Waals surface area contributed by atoms with Gasteiger partial charge in [0.25, 0.3) is 11.6 Å². The Hall–Kier alpha value is -1.60. The smallest absolute Gasteiger partial charge is 0.287 e. The fourth-order valence-electron chi connectivity index (χ4n) is 1.85. The first-order valence-electron chi connectivity index (χ1n) is 5.51. The van der Waals surface area contributed by atoms with Crippen LogP contribution in [-0.2, 0) is 0 Å². The number of aromatic amines is 1. The maximum Gasteiger partial charge on any atom is 0.287 e. The minimum atomic E-state index is -0.530. The molecule has 0 atom stereocenters. The van der Waals surface area contributed by atoms with Crippen LogP contribution in [0.15, 0.2) is 12.3 Å². The van der Waals surface area contributed by atoms with Gasteiger partial charge in [-0.3, -0.25) is 14.9 Å². The Balaban J connectivity index is 0.00000162. The van der Waals surface area contributed by atoms with E-state index < -0.39 is 4.92 Å². The molecular formula is C10H15ClN4O3. The second kappa shape index (κ2) is 6.36. The fraction of sp³-hybridized carbons (Fsp3) is 0.500. The quantitative estimate of drug-likeness (QED) is 0.561. The normalized spacial score (nSPS) is 15.8. The van der Waals surface area contributed by atoms with Crippen LogP contribution >= 0.6 is 12.4 Å². The number of hydrogen-bond acceptors (Lipinski definition) is 4.